The Morgan fingerprint density at radius 3 is 2.24 bits per heavy atom. The molecule has 1 amide bonds. The number of nitrogens with zero attached hydrogens (tertiary/aromatic N) is 2. The van der Waals surface area contributed by atoms with E-state index < -0.39 is 17.7 Å². The van der Waals surface area contributed by atoms with Crippen LogP contribution in [0.5, 0.6) is 0 Å². The second kappa shape index (κ2) is 8.90. The number of benzene rings is 2. The van der Waals surface area contributed by atoms with E-state index in [0.29, 0.717) is 5.56 Å². The Morgan fingerprint density at radius 2 is 1.62 bits per heavy atom. The van der Waals surface area contributed by atoms with E-state index >= 15 is 0 Å². The Balaban J connectivity index is 1.89. The van der Waals surface area contributed by atoms with Gasteiger partial charge in [-0.2, -0.15) is 0 Å². The lowest BCUT2D eigenvalue weighted by Crippen LogP contribution is -2.29. The van der Waals surface area contributed by atoms with E-state index in [1.54, 1.807) is 17.3 Å². The Morgan fingerprint density at radius 1 is 0.971 bits per heavy atom. The van der Waals surface area contributed by atoms with Crippen molar-refractivity contribution < 1.29 is 14.7 Å². The van der Waals surface area contributed by atoms with Crippen molar-refractivity contribution >= 4 is 17.4 Å². The van der Waals surface area contributed by atoms with Gasteiger partial charge in [-0.05, 0) is 59.7 Å². The molecule has 1 unspecified atom stereocenters. The van der Waals surface area contributed by atoms with E-state index in [4.69, 9.17) is 0 Å². The lowest BCUT2D eigenvalue weighted by Gasteiger charge is -2.26. The molecule has 0 saturated carbocycles. The number of carbonyl (C=O) groups excluding carboxylic acids is 2. The number of aryl methyl sites for hydroxylation is 2. The van der Waals surface area contributed by atoms with Gasteiger partial charge in [0.25, 0.3) is 11.7 Å². The number of hydrogen-bond acceptors (Lipinski definition) is 4. The van der Waals surface area contributed by atoms with Gasteiger partial charge in [-0.15, -0.1) is 0 Å². The first-order valence-electron chi connectivity index (χ1n) is 11.4. The SMILES string of the molecule is Cc1ccc(C)c(/C(O)=C2\C(=O)C(=O)N(Cc3ccncc3)C2c2ccc(C(C)(C)C)cc2)c1. The highest BCUT2D eigenvalue weighted by Gasteiger charge is 2.46. The van der Waals surface area contributed by atoms with Crippen molar-refractivity contribution in [2.45, 2.75) is 52.6 Å². The number of aromatic nitrogens is 1. The summed E-state index contributed by atoms with van der Waals surface area (Å²) in [6.07, 6.45) is 3.32. The van der Waals surface area contributed by atoms with Gasteiger partial charge in [-0.3, -0.25) is 14.6 Å². The summed E-state index contributed by atoms with van der Waals surface area (Å²) in [5, 5.41) is 11.4. The third-order valence-corrected chi connectivity index (χ3v) is 6.38. The maximum atomic E-state index is 13.3. The predicted octanol–water partition coefficient (Wildman–Crippen LogP) is 5.62. The van der Waals surface area contributed by atoms with Crippen LogP contribution in [0.2, 0.25) is 0 Å². The number of likely N-dealkylation sites (tertiary alicyclic amines) is 1. The third kappa shape index (κ3) is 4.38. The molecule has 34 heavy (non-hydrogen) atoms. The number of hydrogen-bond donors (Lipinski definition) is 1. The normalized spacial score (nSPS) is 17.9. The summed E-state index contributed by atoms with van der Waals surface area (Å²) in [5.74, 6) is -1.42. The van der Waals surface area contributed by atoms with Crippen LogP contribution in [0.3, 0.4) is 0 Å². The monoisotopic (exact) mass is 454 g/mol. The zero-order valence-corrected chi connectivity index (χ0v) is 20.3. The molecule has 5 heteroatoms. The summed E-state index contributed by atoms with van der Waals surface area (Å²) in [6.45, 7) is 10.5. The summed E-state index contributed by atoms with van der Waals surface area (Å²) >= 11 is 0. The largest absolute Gasteiger partial charge is 0.507 e. The van der Waals surface area contributed by atoms with Crippen molar-refractivity contribution in [3.63, 3.8) is 0 Å². The molecule has 174 valence electrons. The smallest absolute Gasteiger partial charge is 0.295 e. The zero-order chi connectivity index (χ0) is 24.6. The van der Waals surface area contributed by atoms with Crippen LogP contribution in [0.4, 0.5) is 0 Å². The fourth-order valence-electron chi connectivity index (χ4n) is 4.38. The average molecular weight is 455 g/mol. The lowest BCUT2D eigenvalue weighted by atomic mass is 9.85. The number of rotatable bonds is 4. The molecule has 2 heterocycles. The van der Waals surface area contributed by atoms with Gasteiger partial charge in [0.05, 0.1) is 11.6 Å². The van der Waals surface area contributed by atoms with Gasteiger partial charge in [0, 0.05) is 24.5 Å². The van der Waals surface area contributed by atoms with Gasteiger partial charge in [-0.25, -0.2) is 0 Å². The molecule has 5 nitrogen and oxygen atoms in total. The van der Waals surface area contributed by atoms with Crippen LogP contribution in [0.1, 0.15) is 60.2 Å². The summed E-state index contributed by atoms with van der Waals surface area (Å²) in [7, 11) is 0. The van der Waals surface area contributed by atoms with Gasteiger partial charge >= 0.3 is 0 Å². The van der Waals surface area contributed by atoms with E-state index in [1.165, 1.54) is 0 Å². The molecule has 1 aliphatic rings. The molecule has 1 N–H and O–H groups in total. The molecule has 1 atom stereocenters. The Bertz CT molecular complexity index is 1270. The van der Waals surface area contributed by atoms with Gasteiger partial charge in [0.15, 0.2) is 0 Å². The van der Waals surface area contributed by atoms with Gasteiger partial charge in [-0.1, -0.05) is 62.7 Å². The second-order valence-corrected chi connectivity index (χ2v) is 9.97. The number of amides is 1. The highest BCUT2D eigenvalue weighted by atomic mass is 16.3. The summed E-state index contributed by atoms with van der Waals surface area (Å²) in [6, 6.07) is 16.6. The molecular weight excluding hydrogens is 424 g/mol. The van der Waals surface area contributed by atoms with Gasteiger partial charge in [0.1, 0.15) is 5.76 Å². The van der Waals surface area contributed by atoms with Crippen LogP contribution in [-0.4, -0.2) is 26.7 Å². The number of carbonyl (C=O) groups is 2. The third-order valence-electron chi connectivity index (χ3n) is 6.38. The first-order chi connectivity index (χ1) is 16.1. The first-order valence-corrected chi connectivity index (χ1v) is 11.4. The molecule has 4 rings (SSSR count). The summed E-state index contributed by atoms with van der Waals surface area (Å²) in [5.41, 5.74) is 5.25. The van der Waals surface area contributed by atoms with Crippen LogP contribution in [-0.2, 0) is 21.5 Å². The first kappa shape index (κ1) is 23.4. The second-order valence-electron chi connectivity index (χ2n) is 9.97. The van der Waals surface area contributed by atoms with E-state index in [2.05, 4.69) is 25.8 Å². The van der Waals surface area contributed by atoms with Crippen LogP contribution in [0.15, 0.2) is 72.6 Å². The molecule has 1 aliphatic heterocycles. The Hall–Kier alpha value is -3.73. The summed E-state index contributed by atoms with van der Waals surface area (Å²) < 4.78 is 0. The minimum Gasteiger partial charge on any atom is -0.507 e. The molecule has 0 bridgehead atoms. The van der Waals surface area contributed by atoms with Crippen molar-refractivity contribution in [3.8, 4) is 0 Å². The molecule has 2 aromatic carbocycles. The lowest BCUT2D eigenvalue weighted by molar-refractivity contribution is -0.140. The molecule has 0 aliphatic carbocycles. The summed E-state index contributed by atoms with van der Waals surface area (Å²) in [4.78, 5) is 32.1. The minimum atomic E-state index is -0.693. The number of aliphatic hydroxyl groups excluding tert-OH is 1. The Kier molecular flexibility index (Phi) is 6.13. The molecule has 0 spiro atoms. The Labute approximate surface area is 200 Å². The highest BCUT2D eigenvalue weighted by Crippen LogP contribution is 2.41. The van der Waals surface area contributed by atoms with Gasteiger partial charge < -0.3 is 10.0 Å². The van der Waals surface area contributed by atoms with Crippen LogP contribution >= 0.6 is 0 Å². The molecular formula is C29H30N2O3. The number of aliphatic hydroxyl groups is 1. The number of pyridine rings is 1. The van der Waals surface area contributed by atoms with Crippen LogP contribution in [0, 0.1) is 13.8 Å². The van der Waals surface area contributed by atoms with Crippen LogP contribution in [0.25, 0.3) is 5.76 Å². The van der Waals surface area contributed by atoms with E-state index in [-0.39, 0.29) is 23.3 Å². The van der Waals surface area contributed by atoms with E-state index in [9.17, 15) is 14.7 Å². The molecule has 1 aromatic heterocycles. The van der Waals surface area contributed by atoms with Crippen molar-refractivity contribution in [2.75, 3.05) is 0 Å². The van der Waals surface area contributed by atoms with Crippen molar-refractivity contribution in [2.24, 2.45) is 0 Å². The number of Topliss-reactive ketones (excluding diaryl/α,β-unsaturated/α-hetero) is 1. The van der Waals surface area contributed by atoms with Crippen molar-refractivity contribution in [3.05, 3.63) is 106 Å². The van der Waals surface area contributed by atoms with E-state index in [1.807, 2.05) is 68.4 Å². The topological polar surface area (TPSA) is 70.5 Å². The maximum absolute atomic E-state index is 13.3. The zero-order valence-electron chi connectivity index (χ0n) is 20.3. The number of ketones is 1. The molecule has 1 fully saturated rings. The van der Waals surface area contributed by atoms with Gasteiger partial charge in [0.2, 0.25) is 0 Å². The predicted molar refractivity (Wildman–Crippen MR) is 133 cm³/mol. The van der Waals surface area contributed by atoms with Crippen LogP contribution < -0.4 is 0 Å². The quantitative estimate of drug-likeness (QED) is 0.316. The average Bonchev–Trinajstić information content (AvgIpc) is 3.05. The molecule has 0 radical (unpaired) electrons. The molecule has 1 saturated heterocycles. The fraction of sp³-hybridized carbons (Fsp3) is 0.276. The highest BCUT2D eigenvalue weighted by molar-refractivity contribution is 6.46. The van der Waals surface area contributed by atoms with Crippen molar-refractivity contribution in [1.82, 2.24) is 9.88 Å². The van der Waals surface area contributed by atoms with Crippen molar-refractivity contribution in [1.29, 1.82) is 0 Å². The fourth-order valence-corrected chi connectivity index (χ4v) is 4.38. The standard InChI is InChI=1S/C29H30N2O3/c1-18-6-7-19(2)23(16-18)26(32)24-25(21-8-10-22(11-9-21)29(3,4)5)31(28(34)27(24)33)17-20-12-14-30-15-13-20/h6-16,25,32H,17H2,1-5H3/b26-24+. The maximum Gasteiger partial charge on any atom is 0.295 e. The molecule has 3 aromatic rings. The minimum absolute atomic E-state index is 0.0317. The van der Waals surface area contributed by atoms with E-state index in [0.717, 1.165) is 27.8 Å².